The molecule has 3 atom stereocenters. The highest BCUT2D eigenvalue weighted by Gasteiger charge is 2.60. The average molecular weight is 236 g/mol. The van der Waals surface area contributed by atoms with Crippen LogP contribution in [0.15, 0.2) is 24.8 Å². The van der Waals surface area contributed by atoms with E-state index in [0.717, 1.165) is 6.42 Å². The van der Waals surface area contributed by atoms with E-state index in [1.807, 2.05) is 12.2 Å². The van der Waals surface area contributed by atoms with Gasteiger partial charge in [0, 0.05) is 5.41 Å². The molecule has 0 aromatic heterocycles. The first-order valence-electron chi connectivity index (χ1n) is 5.71. The fourth-order valence-electron chi connectivity index (χ4n) is 2.79. The van der Waals surface area contributed by atoms with E-state index in [-0.39, 0.29) is 6.10 Å². The Hall–Kier alpha value is -1.58. The molecule has 1 saturated heterocycles. The minimum atomic E-state index is -0.799. The van der Waals surface area contributed by atoms with Crippen molar-refractivity contribution in [3.8, 4) is 0 Å². The third-order valence-corrected chi connectivity index (χ3v) is 3.68. The topological polar surface area (TPSA) is 52.6 Å². The molecule has 0 radical (unpaired) electrons. The monoisotopic (exact) mass is 236 g/mol. The fourth-order valence-corrected chi connectivity index (χ4v) is 2.79. The Kier molecular flexibility index (Phi) is 3.05. The number of ether oxygens (including phenoxy) is 2. The van der Waals surface area contributed by atoms with E-state index in [9.17, 15) is 9.59 Å². The molecule has 4 nitrogen and oxygen atoms in total. The van der Waals surface area contributed by atoms with Crippen molar-refractivity contribution in [1.29, 1.82) is 0 Å². The summed E-state index contributed by atoms with van der Waals surface area (Å²) in [5, 5.41) is 0. The van der Waals surface area contributed by atoms with Gasteiger partial charge in [0.1, 0.15) is 6.10 Å². The highest BCUT2D eigenvalue weighted by Crippen LogP contribution is 2.51. The van der Waals surface area contributed by atoms with E-state index in [1.54, 1.807) is 6.08 Å². The highest BCUT2D eigenvalue weighted by atomic mass is 16.6. The van der Waals surface area contributed by atoms with Crippen molar-refractivity contribution in [1.82, 2.24) is 0 Å². The summed E-state index contributed by atoms with van der Waals surface area (Å²) in [5.74, 6) is -1.76. The Labute approximate surface area is 100 Å². The van der Waals surface area contributed by atoms with Gasteiger partial charge < -0.3 is 9.47 Å². The second-order valence-electron chi connectivity index (χ2n) is 4.51. The van der Waals surface area contributed by atoms with Gasteiger partial charge in [-0.3, -0.25) is 9.59 Å². The van der Waals surface area contributed by atoms with Crippen LogP contribution in [0.4, 0.5) is 0 Å². The lowest BCUT2D eigenvalue weighted by Crippen LogP contribution is -2.38. The molecule has 0 spiro atoms. The number of methoxy groups -OCH3 is 1. The van der Waals surface area contributed by atoms with Crippen LogP contribution in [0.1, 0.15) is 19.3 Å². The van der Waals surface area contributed by atoms with Crippen LogP contribution in [0.25, 0.3) is 0 Å². The smallest absolute Gasteiger partial charge is 0.321 e. The normalized spacial score (nSPS) is 34.3. The fraction of sp³-hybridized carbons (Fsp3) is 0.538. The highest BCUT2D eigenvalue weighted by molar-refractivity contribution is 5.98. The molecule has 0 saturated carbocycles. The van der Waals surface area contributed by atoms with E-state index in [1.165, 1.54) is 7.11 Å². The maximum absolute atomic E-state index is 11.8. The van der Waals surface area contributed by atoms with E-state index >= 15 is 0 Å². The van der Waals surface area contributed by atoms with Crippen LogP contribution in [0.2, 0.25) is 0 Å². The molecule has 0 aromatic rings. The molecule has 1 heterocycles. The molecule has 0 amide bonds. The lowest BCUT2D eigenvalue weighted by molar-refractivity contribution is -0.156. The van der Waals surface area contributed by atoms with Gasteiger partial charge in [-0.05, 0) is 25.3 Å². The van der Waals surface area contributed by atoms with Crippen molar-refractivity contribution in [2.45, 2.75) is 25.4 Å². The molecule has 1 aliphatic carbocycles. The zero-order chi connectivity index (χ0) is 12.5. The minimum Gasteiger partial charge on any atom is -0.468 e. The quantitative estimate of drug-likeness (QED) is 0.423. The first kappa shape index (κ1) is 11.9. The van der Waals surface area contributed by atoms with Crippen LogP contribution in [0.5, 0.6) is 0 Å². The standard InChI is InChI=1S/C13H16O4/c1-3-4-7-13-8-5-6-9(13)17-12(15)10(13)11(14)16-2/h3,5-6,9-10H,1,4,7-8H2,2H3/t9?,10?,13-/m1/s1. The van der Waals surface area contributed by atoms with Crippen LogP contribution in [-0.2, 0) is 19.1 Å². The largest absolute Gasteiger partial charge is 0.468 e. The van der Waals surface area contributed by atoms with Crippen LogP contribution in [0.3, 0.4) is 0 Å². The van der Waals surface area contributed by atoms with Gasteiger partial charge in [0.25, 0.3) is 0 Å². The van der Waals surface area contributed by atoms with E-state index in [2.05, 4.69) is 6.58 Å². The van der Waals surface area contributed by atoms with Crippen molar-refractivity contribution >= 4 is 11.9 Å². The maximum atomic E-state index is 11.8. The lowest BCUT2D eigenvalue weighted by atomic mass is 9.70. The molecular formula is C13H16O4. The molecule has 17 heavy (non-hydrogen) atoms. The maximum Gasteiger partial charge on any atom is 0.321 e. The molecule has 2 aliphatic rings. The van der Waals surface area contributed by atoms with Gasteiger partial charge in [0.15, 0.2) is 5.92 Å². The molecule has 2 rings (SSSR count). The average Bonchev–Trinajstić information content (AvgIpc) is 2.80. The molecule has 92 valence electrons. The van der Waals surface area contributed by atoms with Crippen molar-refractivity contribution in [3.63, 3.8) is 0 Å². The van der Waals surface area contributed by atoms with Crippen molar-refractivity contribution < 1.29 is 19.1 Å². The molecule has 0 N–H and O–H groups in total. The van der Waals surface area contributed by atoms with Crippen LogP contribution >= 0.6 is 0 Å². The number of rotatable bonds is 4. The van der Waals surface area contributed by atoms with Gasteiger partial charge in [0.05, 0.1) is 7.11 Å². The third-order valence-electron chi connectivity index (χ3n) is 3.68. The molecule has 1 aliphatic heterocycles. The molecule has 0 bridgehead atoms. The predicted molar refractivity (Wildman–Crippen MR) is 61.0 cm³/mol. The van der Waals surface area contributed by atoms with Gasteiger partial charge >= 0.3 is 11.9 Å². The summed E-state index contributed by atoms with van der Waals surface area (Å²) in [5.41, 5.74) is -0.460. The number of hydrogen-bond donors (Lipinski definition) is 0. The Bertz CT molecular complexity index is 385. The summed E-state index contributed by atoms with van der Waals surface area (Å²) in [6, 6.07) is 0. The summed E-state index contributed by atoms with van der Waals surface area (Å²) in [7, 11) is 1.30. The number of fused-ring (bicyclic) bond motifs is 1. The van der Waals surface area contributed by atoms with Crippen molar-refractivity contribution in [2.75, 3.05) is 7.11 Å². The third kappa shape index (κ3) is 1.68. The summed E-state index contributed by atoms with van der Waals surface area (Å²) in [6.07, 6.45) is 7.47. The first-order chi connectivity index (χ1) is 8.15. The van der Waals surface area contributed by atoms with E-state index in [4.69, 9.17) is 9.47 Å². The second kappa shape index (κ2) is 4.35. The van der Waals surface area contributed by atoms with Gasteiger partial charge in [0.2, 0.25) is 0 Å². The Balaban J connectivity index is 2.31. The predicted octanol–water partition coefficient (Wildman–Crippen LogP) is 1.61. The first-order valence-corrected chi connectivity index (χ1v) is 5.71. The second-order valence-corrected chi connectivity index (χ2v) is 4.51. The zero-order valence-corrected chi connectivity index (χ0v) is 9.85. The Morgan fingerprint density at radius 2 is 2.53 bits per heavy atom. The molecule has 2 unspecified atom stereocenters. The van der Waals surface area contributed by atoms with Crippen LogP contribution in [-0.4, -0.2) is 25.2 Å². The number of esters is 2. The van der Waals surface area contributed by atoms with Gasteiger partial charge in [-0.15, -0.1) is 6.58 Å². The molecular weight excluding hydrogens is 220 g/mol. The summed E-state index contributed by atoms with van der Waals surface area (Å²) >= 11 is 0. The molecule has 0 aromatic carbocycles. The number of carbonyl (C=O) groups is 2. The minimum absolute atomic E-state index is 0.293. The number of allylic oxidation sites excluding steroid dienone is 2. The summed E-state index contributed by atoms with van der Waals surface area (Å²) < 4.78 is 9.98. The summed E-state index contributed by atoms with van der Waals surface area (Å²) in [6.45, 7) is 3.68. The molecule has 1 fully saturated rings. The van der Waals surface area contributed by atoms with Gasteiger partial charge in [-0.1, -0.05) is 12.2 Å². The lowest BCUT2D eigenvalue weighted by Gasteiger charge is -2.29. The Morgan fingerprint density at radius 1 is 1.76 bits per heavy atom. The number of carbonyl (C=O) groups excluding carboxylic acids is 2. The number of hydrogen-bond acceptors (Lipinski definition) is 4. The van der Waals surface area contributed by atoms with E-state index < -0.39 is 23.3 Å². The molecule has 4 heteroatoms. The SMILES string of the molecule is C=CCC[C@@]12CC=CC1OC(=O)C2C(=O)OC. The van der Waals surface area contributed by atoms with Crippen LogP contribution in [0, 0.1) is 11.3 Å². The van der Waals surface area contributed by atoms with Crippen molar-refractivity contribution in [3.05, 3.63) is 24.8 Å². The van der Waals surface area contributed by atoms with Crippen LogP contribution < -0.4 is 0 Å². The Morgan fingerprint density at radius 3 is 3.18 bits per heavy atom. The van der Waals surface area contributed by atoms with Crippen molar-refractivity contribution in [2.24, 2.45) is 11.3 Å². The summed E-state index contributed by atoms with van der Waals surface area (Å²) in [4.78, 5) is 23.5. The zero-order valence-electron chi connectivity index (χ0n) is 9.85. The van der Waals surface area contributed by atoms with Gasteiger partial charge in [-0.25, -0.2) is 0 Å². The van der Waals surface area contributed by atoms with Gasteiger partial charge in [-0.2, -0.15) is 0 Å². The van der Waals surface area contributed by atoms with E-state index in [0.29, 0.717) is 12.8 Å².